The third kappa shape index (κ3) is 4.23. The van der Waals surface area contributed by atoms with Crippen LogP contribution in [0.4, 0.5) is 4.79 Å². The maximum Gasteiger partial charge on any atom is 0.410 e. The van der Waals surface area contributed by atoms with E-state index in [1.807, 2.05) is 48.5 Å². The van der Waals surface area contributed by atoms with Gasteiger partial charge in [0.25, 0.3) is 0 Å². The van der Waals surface area contributed by atoms with Crippen LogP contribution in [-0.4, -0.2) is 52.3 Å². The van der Waals surface area contributed by atoms with Crippen molar-refractivity contribution < 1.29 is 29.3 Å². The molecule has 1 atom stereocenters. The lowest BCUT2D eigenvalue weighted by atomic mass is 9.98. The predicted octanol–water partition coefficient (Wildman–Crippen LogP) is 3.58. The molecule has 0 aliphatic heterocycles. The lowest BCUT2D eigenvalue weighted by Gasteiger charge is -2.27. The van der Waals surface area contributed by atoms with Crippen molar-refractivity contribution in [3.8, 4) is 11.1 Å². The third-order valence-corrected chi connectivity index (χ3v) is 5.06. The number of aliphatic carboxylic acids is 2. The van der Waals surface area contributed by atoms with Gasteiger partial charge in [0.05, 0.1) is 6.42 Å². The van der Waals surface area contributed by atoms with Crippen LogP contribution in [-0.2, 0) is 14.3 Å². The Morgan fingerprint density at radius 3 is 2.03 bits per heavy atom. The summed E-state index contributed by atoms with van der Waals surface area (Å²) in [6, 6.07) is 14.3. The standard InChI is InChI=1S/C22H23NO6/c1-2-11-23(19(21(26)27)12-20(24)25)22(28)29-13-18-16-9-5-3-7-14(16)15-8-4-6-10-17(15)18/h3-10,18-19H,2,11-13H2,1H3,(H,24,25)(H,26,27)/t19-/m0/s1. The van der Waals surface area contributed by atoms with Crippen molar-refractivity contribution in [3.63, 3.8) is 0 Å². The zero-order chi connectivity index (χ0) is 21.0. The van der Waals surface area contributed by atoms with E-state index >= 15 is 0 Å². The number of fused-ring (bicyclic) bond motifs is 3. The molecule has 2 N–H and O–H groups in total. The third-order valence-electron chi connectivity index (χ3n) is 5.06. The van der Waals surface area contributed by atoms with E-state index in [2.05, 4.69) is 0 Å². The summed E-state index contributed by atoms with van der Waals surface area (Å²) in [5.41, 5.74) is 4.26. The zero-order valence-electron chi connectivity index (χ0n) is 16.1. The first-order chi connectivity index (χ1) is 13.9. The molecule has 1 amide bonds. The zero-order valence-corrected chi connectivity index (χ0v) is 16.1. The highest BCUT2D eigenvalue weighted by atomic mass is 16.6. The van der Waals surface area contributed by atoms with Gasteiger partial charge in [0.15, 0.2) is 0 Å². The molecule has 2 aromatic carbocycles. The summed E-state index contributed by atoms with van der Waals surface area (Å²) in [4.78, 5) is 36.3. The number of hydrogen-bond acceptors (Lipinski definition) is 4. The second kappa shape index (κ2) is 8.77. The van der Waals surface area contributed by atoms with Crippen LogP contribution in [0.25, 0.3) is 11.1 Å². The van der Waals surface area contributed by atoms with E-state index in [4.69, 9.17) is 9.84 Å². The summed E-state index contributed by atoms with van der Waals surface area (Å²) >= 11 is 0. The smallest absolute Gasteiger partial charge is 0.410 e. The molecule has 0 saturated heterocycles. The van der Waals surface area contributed by atoms with Gasteiger partial charge < -0.3 is 14.9 Å². The van der Waals surface area contributed by atoms with Gasteiger partial charge in [-0.2, -0.15) is 0 Å². The molecule has 0 heterocycles. The Kier molecular flexibility index (Phi) is 6.16. The van der Waals surface area contributed by atoms with Crippen LogP contribution in [0.15, 0.2) is 48.5 Å². The first kappa shape index (κ1) is 20.4. The fraction of sp³-hybridized carbons (Fsp3) is 0.318. The van der Waals surface area contributed by atoms with Gasteiger partial charge in [-0.15, -0.1) is 0 Å². The van der Waals surface area contributed by atoms with E-state index in [1.54, 1.807) is 6.92 Å². The molecule has 0 spiro atoms. The highest BCUT2D eigenvalue weighted by Gasteiger charge is 2.34. The van der Waals surface area contributed by atoms with Crippen molar-refractivity contribution in [3.05, 3.63) is 59.7 Å². The number of ether oxygens (including phenoxy) is 1. The van der Waals surface area contributed by atoms with Crippen LogP contribution < -0.4 is 0 Å². The van der Waals surface area contributed by atoms with E-state index in [9.17, 15) is 19.5 Å². The van der Waals surface area contributed by atoms with Crippen molar-refractivity contribution in [1.29, 1.82) is 0 Å². The molecular weight excluding hydrogens is 374 g/mol. The average Bonchev–Trinajstić information content (AvgIpc) is 3.02. The van der Waals surface area contributed by atoms with Gasteiger partial charge in [0, 0.05) is 12.5 Å². The van der Waals surface area contributed by atoms with Gasteiger partial charge in [0.2, 0.25) is 0 Å². The van der Waals surface area contributed by atoms with E-state index < -0.39 is 30.5 Å². The number of carboxylic acids is 2. The van der Waals surface area contributed by atoms with Crippen LogP contribution in [0.2, 0.25) is 0 Å². The summed E-state index contributed by atoms with van der Waals surface area (Å²) in [5, 5.41) is 18.4. The molecule has 0 saturated carbocycles. The van der Waals surface area contributed by atoms with Crippen molar-refractivity contribution in [2.45, 2.75) is 31.7 Å². The van der Waals surface area contributed by atoms with Gasteiger partial charge in [-0.25, -0.2) is 9.59 Å². The van der Waals surface area contributed by atoms with Gasteiger partial charge >= 0.3 is 18.0 Å². The highest BCUT2D eigenvalue weighted by Crippen LogP contribution is 2.44. The predicted molar refractivity (Wildman–Crippen MR) is 106 cm³/mol. The van der Waals surface area contributed by atoms with Gasteiger partial charge in [-0.05, 0) is 28.7 Å². The number of benzene rings is 2. The Balaban J connectivity index is 1.80. The first-order valence-corrected chi connectivity index (χ1v) is 9.50. The molecule has 152 valence electrons. The van der Waals surface area contributed by atoms with E-state index in [-0.39, 0.29) is 19.1 Å². The largest absolute Gasteiger partial charge is 0.481 e. The van der Waals surface area contributed by atoms with Gasteiger partial charge in [0.1, 0.15) is 12.6 Å². The normalized spacial score (nSPS) is 13.3. The molecular formula is C22H23NO6. The molecule has 29 heavy (non-hydrogen) atoms. The maximum absolute atomic E-state index is 12.7. The second-order valence-corrected chi connectivity index (χ2v) is 6.95. The minimum atomic E-state index is -1.47. The van der Waals surface area contributed by atoms with Gasteiger partial charge in [-0.3, -0.25) is 9.69 Å². The fourth-order valence-corrected chi connectivity index (χ4v) is 3.79. The molecule has 0 fully saturated rings. The molecule has 3 rings (SSSR count). The number of carbonyl (C=O) groups excluding carboxylic acids is 1. The van der Waals surface area contributed by atoms with Crippen LogP contribution >= 0.6 is 0 Å². The molecule has 0 bridgehead atoms. The Bertz CT molecular complexity index is 880. The number of carbonyl (C=O) groups is 3. The summed E-state index contributed by atoms with van der Waals surface area (Å²) in [6.07, 6.45) is -1.02. The number of nitrogens with zero attached hydrogens (tertiary/aromatic N) is 1. The quantitative estimate of drug-likeness (QED) is 0.706. The number of rotatable bonds is 8. The number of hydrogen-bond donors (Lipinski definition) is 2. The lowest BCUT2D eigenvalue weighted by Crippen LogP contribution is -2.47. The summed E-state index contributed by atoms with van der Waals surface area (Å²) in [7, 11) is 0. The number of carboxylic acid groups (broad SMARTS) is 2. The van der Waals surface area contributed by atoms with Crippen LogP contribution in [0.3, 0.4) is 0 Å². The molecule has 1 aliphatic carbocycles. The minimum absolute atomic E-state index is 0.0481. The maximum atomic E-state index is 12.7. The highest BCUT2D eigenvalue weighted by molar-refractivity contribution is 5.85. The summed E-state index contributed by atoms with van der Waals surface area (Å²) in [5.74, 6) is -2.81. The van der Waals surface area contributed by atoms with Crippen LogP contribution in [0, 0.1) is 0 Å². The molecule has 7 nitrogen and oxygen atoms in total. The average molecular weight is 397 g/mol. The first-order valence-electron chi connectivity index (χ1n) is 9.50. The minimum Gasteiger partial charge on any atom is -0.481 e. The molecule has 0 unspecified atom stereocenters. The second-order valence-electron chi connectivity index (χ2n) is 6.95. The summed E-state index contributed by atoms with van der Waals surface area (Å²) in [6.45, 7) is 1.93. The lowest BCUT2D eigenvalue weighted by molar-refractivity contribution is -0.149. The van der Waals surface area contributed by atoms with Crippen molar-refractivity contribution in [2.75, 3.05) is 13.2 Å². The van der Waals surface area contributed by atoms with Gasteiger partial charge in [-0.1, -0.05) is 55.5 Å². The van der Waals surface area contributed by atoms with Crippen LogP contribution in [0.1, 0.15) is 36.8 Å². The molecule has 1 aliphatic rings. The molecule has 2 aromatic rings. The SMILES string of the molecule is CCCN(C(=O)OCC1c2ccccc2-c2ccccc21)[C@@H](CC(=O)O)C(=O)O. The van der Waals surface area contributed by atoms with Crippen molar-refractivity contribution in [2.24, 2.45) is 0 Å². The fourth-order valence-electron chi connectivity index (χ4n) is 3.79. The van der Waals surface area contributed by atoms with E-state index in [0.29, 0.717) is 6.42 Å². The Hall–Kier alpha value is -3.35. The molecule has 0 radical (unpaired) electrons. The summed E-state index contributed by atoms with van der Waals surface area (Å²) < 4.78 is 5.50. The Labute approximate surface area is 168 Å². The van der Waals surface area contributed by atoms with E-state index in [1.165, 1.54) is 0 Å². The molecule has 0 aromatic heterocycles. The van der Waals surface area contributed by atoms with Crippen LogP contribution in [0.5, 0.6) is 0 Å². The van der Waals surface area contributed by atoms with Crippen molar-refractivity contribution in [1.82, 2.24) is 4.90 Å². The monoisotopic (exact) mass is 397 g/mol. The Morgan fingerprint density at radius 2 is 1.55 bits per heavy atom. The topological polar surface area (TPSA) is 104 Å². The van der Waals surface area contributed by atoms with Crippen molar-refractivity contribution >= 4 is 18.0 Å². The Morgan fingerprint density at radius 1 is 1.00 bits per heavy atom. The number of amides is 1. The van der Waals surface area contributed by atoms with E-state index in [0.717, 1.165) is 27.2 Å². The molecule has 7 heteroatoms.